The van der Waals surface area contributed by atoms with Crippen LogP contribution in [0.1, 0.15) is 0 Å². The van der Waals surface area contributed by atoms with E-state index in [2.05, 4.69) is 0 Å². The van der Waals surface area contributed by atoms with E-state index in [1.54, 1.807) is 11.9 Å². The molecule has 1 N–H and O–H groups in total. The van der Waals surface area contributed by atoms with Gasteiger partial charge < -0.3 is 4.90 Å². The lowest BCUT2D eigenvalue weighted by Gasteiger charge is -2.39. The van der Waals surface area contributed by atoms with Gasteiger partial charge in [0.25, 0.3) is 0 Å². The van der Waals surface area contributed by atoms with Crippen LogP contribution in [-0.2, 0) is 4.79 Å². The largest absolute Gasteiger partial charge is 0.394 e. The normalized spacial score (nSPS) is 19.2. The molecular formula is C12H13F12N3O. The third kappa shape index (κ3) is 3.71. The summed E-state index contributed by atoms with van der Waals surface area (Å²) in [6.45, 7) is -0.284. The van der Waals surface area contributed by atoms with Gasteiger partial charge in [0.15, 0.2) is 0 Å². The summed E-state index contributed by atoms with van der Waals surface area (Å²) in [5.41, 5.74) is 1.09. The summed E-state index contributed by atoms with van der Waals surface area (Å²) in [7, 11) is 1.55. The smallest absolute Gasteiger partial charge is 0.304 e. The molecule has 0 aromatic rings. The fourth-order valence-electron chi connectivity index (χ4n) is 2.02. The maximum Gasteiger partial charge on any atom is 0.394 e. The summed E-state index contributed by atoms with van der Waals surface area (Å²) < 4.78 is 156. The molecule has 16 heteroatoms. The highest BCUT2D eigenvalue weighted by Gasteiger charge is 2.89. The molecule has 1 aliphatic rings. The van der Waals surface area contributed by atoms with Crippen LogP contribution in [0.2, 0.25) is 0 Å². The molecule has 0 aromatic heterocycles. The number of hydrazine groups is 1. The first-order valence-corrected chi connectivity index (χ1v) is 7.25. The number of hydrogen-bond donors (Lipinski definition) is 1. The van der Waals surface area contributed by atoms with Crippen LogP contribution >= 0.6 is 0 Å². The Hall–Kier alpha value is -1.45. The first kappa shape index (κ1) is 24.6. The van der Waals surface area contributed by atoms with Crippen molar-refractivity contribution in [2.45, 2.75) is 36.0 Å². The van der Waals surface area contributed by atoms with Crippen LogP contribution in [0.25, 0.3) is 0 Å². The van der Waals surface area contributed by atoms with Crippen LogP contribution in [0.3, 0.4) is 0 Å². The second kappa shape index (κ2) is 7.42. The van der Waals surface area contributed by atoms with Crippen molar-refractivity contribution in [1.82, 2.24) is 15.3 Å². The number of nitrogens with zero attached hydrogens (tertiary/aromatic N) is 2. The molecule has 166 valence electrons. The quantitative estimate of drug-likeness (QED) is 0.615. The zero-order chi connectivity index (χ0) is 22.3. The van der Waals surface area contributed by atoms with Gasteiger partial charge >= 0.3 is 41.9 Å². The van der Waals surface area contributed by atoms with E-state index in [4.69, 9.17) is 0 Å². The van der Waals surface area contributed by atoms with Gasteiger partial charge in [0.05, 0.1) is 0 Å². The summed E-state index contributed by atoms with van der Waals surface area (Å²) in [6.07, 6.45) is -5.59. The lowest BCUT2D eigenvalue weighted by molar-refractivity contribution is -0.407. The zero-order valence-corrected chi connectivity index (χ0v) is 13.7. The summed E-state index contributed by atoms with van der Waals surface area (Å²) >= 11 is 0. The lowest BCUT2D eigenvalue weighted by Crippen LogP contribution is -2.71. The maximum atomic E-state index is 13.6. The Balaban J connectivity index is 3.17. The topological polar surface area (TPSA) is 35.6 Å². The third-order valence-electron chi connectivity index (χ3n) is 3.92. The van der Waals surface area contributed by atoms with Crippen molar-refractivity contribution >= 4 is 5.91 Å². The summed E-state index contributed by atoms with van der Waals surface area (Å²) in [6, 6.07) is 0. The molecule has 0 atom stereocenters. The Morgan fingerprint density at radius 2 is 1.21 bits per heavy atom. The van der Waals surface area contributed by atoms with Crippen molar-refractivity contribution in [1.29, 1.82) is 0 Å². The molecule has 0 saturated carbocycles. The number of carbonyl (C=O) groups is 1. The highest BCUT2D eigenvalue weighted by Crippen LogP contribution is 2.58. The molecule has 0 bridgehead atoms. The van der Waals surface area contributed by atoms with E-state index in [0.29, 0.717) is 5.01 Å². The standard InChI is InChI=1S/C12H13F12N3O/c1-26-2-4-27(5-3-26)25-7(28)9(17,18)11(21,22)12(23,24)10(19,20)8(15,16)6(13)14/h6H,2-5H2,1H3,(H,25,28). The van der Waals surface area contributed by atoms with E-state index in [9.17, 15) is 57.5 Å². The number of alkyl halides is 12. The van der Waals surface area contributed by atoms with Crippen LogP contribution < -0.4 is 5.43 Å². The minimum Gasteiger partial charge on any atom is -0.304 e. The van der Waals surface area contributed by atoms with Crippen molar-refractivity contribution in [2.75, 3.05) is 33.2 Å². The molecular weight excluding hydrogens is 430 g/mol. The minimum atomic E-state index is -7.72. The molecule has 4 nitrogen and oxygen atoms in total. The van der Waals surface area contributed by atoms with Gasteiger partial charge in [0.2, 0.25) is 0 Å². The molecule has 28 heavy (non-hydrogen) atoms. The van der Waals surface area contributed by atoms with Crippen LogP contribution in [-0.4, -0.2) is 85.1 Å². The van der Waals surface area contributed by atoms with Crippen LogP contribution in [0.15, 0.2) is 0 Å². The average molecular weight is 443 g/mol. The Labute approximate surface area is 149 Å². The van der Waals surface area contributed by atoms with Crippen molar-refractivity contribution in [3.8, 4) is 0 Å². The SMILES string of the molecule is CN1CCN(NC(=O)C(F)(F)C(F)(F)C(F)(F)C(F)(F)C(F)(F)C(F)F)CC1. The van der Waals surface area contributed by atoms with Gasteiger partial charge in [-0.05, 0) is 7.05 Å². The lowest BCUT2D eigenvalue weighted by atomic mass is 9.94. The summed E-state index contributed by atoms with van der Waals surface area (Å²) in [5.74, 6) is -39.7. The molecule has 1 saturated heterocycles. The van der Waals surface area contributed by atoms with Gasteiger partial charge in [-0.3, -0.25) is 10.2 Å². The van der Waals surface area contributed by atoms with E-state index in [-0.39, 0.29) is 26.2 Å². The van der Waals surface area contributed by atoms with Gasteiger partial charge in [0.1, 0.15) is 0 Å². The van der Waals surface area contributed by atoms with Gasteiger partial charge in [-0.15, -0.1) is 0 Å². The van der Waals surface area contributed by atoms with Crippen LogP contribution in [0, 0.1) is 0 Å². The average Bonchev–Trinajstić information content (AvgIpc) is 2.55. The number of nitrogens with one attached hydrogen (secondary N) is 1. The molecule has 0 spiro atoms. The molecule has 0 aromatic carbocycles. The number of hydrogen-bond acceptors (Lipinski definition) is 3. The summed E-state index contributed by atoms with van der Waals surface area (Å²) in [5, 5.41) is 0.580. The zero-order valence-electron chi connectivity index (χ0n) is 13.7. The molecule has 1 rings (SSSR count). The predicted molar refractivity (Wildman–Crippen MR) is 68.0 cm³/mol. The van der Waals surface area contributed by atoms with E-state index in [0.717, 1.165) is 5.43 Å². The Morgan fingerprint density at radius 3 is 1.61 bits per heavy atom. The number of halogens is 12. The fraction of sp³-hybridized carbons (Fsp3) is 0.917. The number of carbonyl (C=O) groups excluding carboxylic acids is 1. The molecule has 1 fully saturated rings. The number of amides is 1. The Kier molecular flexibility index (Phi) is 6.52. The highest BCUT2D eigenvalue weighted by molar-refractivity contribution is 5.84. The van der Waals surface area contributed by atoms with Gasteiger partial charge in [-0.25, -0.2) is 13.8 Å². The fourth-order valence-corrected chi connectivity index (χ4v) is 2.02. The van der Waals surface area contributed by atoms with Crippen LogP contribution in [0.4, 0.5) is 52.7 Å². The molecule has 0 aliphatic carbocycles. The minimum absolute atomic E-state index is 0.108. The maximum absolute atomic E-state index is 13.6. The monoisotopic (exact) mass is 443 g/mol. The Morgan fingerprint density at radius 1 is 0.786 bits per heavy atom. The first-order valence-electron chi connectivity index (χ1n) is 7.25. The van der Waals surface area contributed by atoms with Gasteiger partial charge in [-0.2, -0.15) is 43.9 Å². The number of likely N-dealkylation sites (N-methyl/N-ethyl adjacent to an activating group) is 1. The molecule has 1 aliphatic heterocycles. The van der Waals surface area contributed by atoms with Crippen molar-refractivity contribution in [3.05, 3.63) is 0 Å². The van der Waals surface area contributed by atoms with Gasteiger partial charge in [-0.1, -0.05) is 0 Å². The van der Waals surface area contributed by atoms with Gasteiger partial charge in [0, 0.05) is 26.2 Å². The Bertz CT molecular complexity index is 574. The third-order valence-corrected chi connectivity index (χ3v) is 3.92. The van der Waals surface area contributed by atoms with E-state index < -0.39 is 41.9 Å². The first-order chi connectivity index (χ1) is 12.3. The number of rotatable bonds is 7. The van der Waals surface area contributed by atoms with Crippen molar-refractivity contribution in [2.24, 2.45) is 0 Å². The second-order valence-corrected chi connectivity index (χ2v) is 5.95. The molecule has 1 heterocycles. The van der Waals surface area contributed by atoms with E-state index in [1.165, 1.54) is 0 Å². The summed E-state index contributed by atoms with van der Waals surface area (Å²) in [4.78, 5) is 12.9. The van der Waals surface area contributed by atoms with Crippen LogP contribution in [0.5, 0.6) is 0 Å². The molecule has 0 unspecified atom stereocenters. The number of piperazine rings is 1. The van der Waals surface area contributed by atoms with E-state index >= 15 is 0 Å². The highest BCUT2D eigenvalue weighted by atomic mass is 19.4. The molecule has 1 amide bonds. The molecule has 0 radical (unpaired) electrons. The predicted octanol–water partition coefficient (Wildman–Crippen LogP) is 2.71. The van der Waals surface area contributed by atoms with Crippen molar-refractivity contribution < 1.29 is 57.5 Å². The van der Waals surface area contributed by atoms with Crippen molar-refractivity contribution in [3.63, 3.8) is 0 Å². The second-order valence-electron chi connectivity index (χ2n) is 5.95. The van der Waals surface area contributed by atoms with E-state index in [1.807, 2.05) is 0 Å².